The van der Waals surface area contributed by atoms with Crippen LogP contribution in [0.25, 0.3) is 0 Å². The predicted molar refractivity (Wildman–Crippen MR) is 127 cm³/mol. The van der Waals surface area contributed by atoms with E-state index in [0.29, 0.717) is 0 Å². The monoisotopic (exact) mass is 432 g/mol. The molecular weight excluding hydrogens is 404 g/mol. The molecule has 0 bridgehead atoms. The molecule has 0 spiro atoms. The van der Waals surface area contributed by atoms with Crippen LogP contribution >= 0.6 is 12.2 Å². The molecule has 1 aromatic carbocycles. The van der Waals surface area contributed by atoms with Crippen LogP contribution in [0.15, 0.2) is 60.9 Å². The highest BCUT2D eigenvalue weighted by atomic mass is 32.1. The summed E-state index contributed by atoms with van der Waals surface area (Å²) in [5, 5.41) is 4.29. The van der Waals surface area contributed by atoms with Crippen molar-refractivity contribution in [2.75, 3.05) is 11.5 Å². The molecule has 31 heavy (non-hydrogen) atoms. The summed E-state index contributed by atoms with van der Waals surface area (Å²) in [4.78, 5) is 6.92. The first-order valence-corrected chi connectivity index (χ1v) is 11.4. The topological polar surface area (TPSA) is 42.3 Å². The second kappa shape index (κ2) is 8.44. The van der Waals surface area contributed by atoms with Gasteiger partial charge in [0.05, 0.1) is 17.8 Å². The summed E-state index contributed by atoms with van der Waals surface area (Å²) in [6.45, 7) is 6.01. The predicted octanol–water partition coefficient (Wildman–Crippen LogP) is 4.86. The minimum absolute atomic E-state index is 0.000842. The molecule has 160 valence electrons. The Morgan fingerprint density at radius 2 is 2.03 bits per heavy atom. The maximum Gasteiger partial charge on any atom is 0.174 e. The van der Waals surface area contributed by atoms with Gasteiger partial charge in [0.1, 0.15) is 6.04 Å². The van der Waals surface area contributed by atoms with Crippen molar-refractivity contribution in [3.8, 4) is 0 Å². The van der Waals surface area contributed by atoms with Crippen molar-refractivity contribution in [3.05, 3.63) is 83.4 Å². The number of hydrogen-bond acceptors (Lipinski definition) is 3. The smallest absolute Gasteiger partial charge is 0.174 e. The van der Waals surface area contributed by atoms with Gasteiger partial charge in [0, 0.05) is 36.9 Å². The van der Waals surface area contributed by atoms with E-state index in [1.54, 1.807) is 0 Å². The summed E-state index contributed by atoms with van der Waals surface area (Å²) in [5.41, 5.74) is 5.85. The van der Waals surface area contributed by atoms with Gasteiger partial charge >= 0.3 is 0 Å². The van der Waals surface area contributed by atoms with Crippen molar-refractivity contribution >= 4 is 23.0 Å². The van der Waals surface area contributed by atoms with Crippen LogP contribution in [-0.2, 0) is 11.3 Å². The standard InChI is InChI=1S/C25H28N4OS/c1-17-10-11-19(15-18(17)2)29-24(23(27-25(29)31)21-8-3-4-12-26-21)22-9-5-13-28(22)16-20-7-6-14-30-20/h3-5,8-13,15,20,23-24H,6-7,14,16H2,1-2H3,(H,27,31)/t20-,23-,24-/m0/s1. The van der Waals surface area contributed by atoms with E-state index in [4.69, 9.17) is 17.0 Å². The Balaban J connectivity index is 1.58. The van der Waals surface area contributed by atoms with Crippen LogP contribution in [0.2, 0.25) is 0 Å². The molecular formula is C25H28N4OS. The summed E-state index contributed by atoms with van der Waals surface area (Å²) < 4.78 is 8.26. The number of hydrogen-bond donors (Lipinski definition) is 1. The maximum atomic E-state index is 5.93. The molecule has 2 aliphatic rings. The minimum atomic E-state index is -0.0338. The van der Waals surface area contributed by atoms with E-state index in [-0.39, 0.29) is 18.2 Å². The highest BCUT2D eigenvalue weighted by molar-refractivity contribution is 7.80. The van der Waals surface area contributed by atoms with Crippen molar-refractivity contribution in [3.63, 3.8) is 0 Å². The molecule has 2 saturated heterocycles. The van der Waals surface area contributed by atoms with Crippen LogP contribution in [0.5, 0.6) is 0 Å². The number of rotatable bonds is 5. The van der Waals surface area contributed by atoms with Gasteiger partial charge in [0.2, 0.25) is 0 Å². The molecule has 0 aliphatic carbocycles. The van der Waals surface area contributed by atoms with Crippen LogP contribution in [0.4, 0.5) is 5.69 Å². The molecule has 2 aliphatic heterocycles. The van der Waals surface area contributed by atoms with Crippen LogP contribution in [0, 0.1) is 13.8 Å². The van der Waals surface area contributed by atoms with E-state index in [0.717, 1.165) is 42.5 Å². The number of nitrogens with zero attached hydrogens (tertiary/aromatic N) is 3. The molecule has 2 aromatic heterocycles. The molecule has 1 N–H and O–H groups in total. The Labute approximate surface area is 189 Å². The van der Waals surface area contributed by atoms with Gasteiger partial charge in [-0.2, -0.15) is 0 Å². The molecule has 4 heterocycles. The Kier molecular flexibility index (Phi) is 5.50. The molecule has 2 fully saturated rings. The number of nitrogens with one attached hydrogen (secondary N) is 1. The Morgan fingerprint density at radius 1 is 1.13 bits per heavy atom. The molecule has 6 heteroatoms. The largest absolute Gasteiger partial charge is 0.376 e. The lowest BCUT2D eigenvalue weighted by Gasteiger charge is -2.30. The van der Waals surface area contributed by atoms with Gasteiger partial charge in [-0.3, -0.25) is 4.98 Å². The number of aromatic nitrogens is 2. The first-order chi connectivity index (χ1) is 15.1. The van der Waals surface area contributed by atoms with Gasteiger partial charge in [-0.1, -0.05) is 12.1 Å². The fraction of sp³-hybridized carbons (Fsp3) is 0.360. The van der Waals surface area contributed by atoms with Crippen LogP contribution in [-0.4, -0.2) is 27.4 Å². The summed E-state index contributed by atoms with van der Waals surface area (Å²) in [6, 6.07) is 16.9. The molecule has 3 atom stereocenters. The third-order valence-corrected chi connectivity index (χ3v) is 6.77. The Hall–Kier alpha value is -2.70. The maximum absolute atomic E-state index is 5.93. The summed E-state index contributed by atoms with van der Waals surface area (Å²) in [7, 11) is 0. The fourth-order valence-electron chi connectivity index (χ4n) is 4.68. The highest BCUT2D eigenvalue weighted by Crippen LogP contribution is 2.42. The van der Waals surface area contributed by atoms with Crippen molar-refractivity contribution in [2.24, 2.45) is 0 Å². The van der Waals surface area contributed by atoms with Crippen LogP contribution in [0.3, 0.4) is 0 Å². The van der Waals surface area contributed by atoms with Gasteiger partial charge in [-0.05, 0) is 86.4 Å². The lowest BCUT2D eigenvalue weighted by atomic mass is 10.00. The molecule has 3 aromatic rings. The first kappa shape index (κ1) is 20.2. The molecule has 0 unspecified atom stereocenters. The third-order valence-electron chi connectivity index (χ3n) is 6.46. The normalized spacial score (nSPS) is 23.4. The second-order valence-corrected chi connectivity index (χ2v) is 8.87. The van der Waals surface area contributed by atoms with E-state index in [1.807, 2.05) is 18.3 Å². The SMILES string of the molecule is Cc1ccc(N2C(=S)N[C@@H](c3ccccn3)[C@@H]2c2cccn2C[C@@H]2CCCO2)cc1C. The first-order valence-electron chi connectivity index (χ1n) is 11.0. The second-order valence-electron chi connectivity index (χ2n) is 8.49. The Bertz CT molecular complexity index is 1070. The van der Waals surface area contributed by atoms with E-state index < -0.39 is 0 Å². The quantitative estimate of drug-likeness (QED) is 0.584. The fourth-order valence-corrected chi connectivity index (χ4v) is 5.02. The van der Waals surface area contributed by atoms with Crippen molar-refractivity contribution in [1.82, 2.24) is 14.9 Å². The van der Waals surface area contributed by atoms with E-state index in [2.05, 4.69) is 76.2 Å². The van der Waals surface area contributed by atoms with Gasteiger partial charge in [-0.25, -0.2) is 0 Å². The van der Waals surface area contributed by atoms with Gasteiger partial charge in [0.25, 0.3) is 0 Å². The molecule has 0 saturated carbocycles. The average Bonchev–Trinajstić information content (AvgIpc) is 3.52. The lowest BCUT2D eigenvalue weighted by Crippen LogP contribution is -2.31. The van der Waals surface area contributed by atoms with E-state index >= 15 is 0 Å². The number of thiocarbonyl (C=S) groups is 1. The molecule has 5 rings (SSSR count). The number of ether oxygens (including phenoxy) is 1. The lowest BCUT2D eigenvalue weighted by molar-refractivity contribution is 0.0961. The van der Waals surface area contributed by atoms with E-state index in [1.165, 1.54) is 16.8 Å². The number of aryl methyl sites for hydroxylation is 2. The summed E-state index contributed by atoms with van der Waals surface area (Å²) in [6.07, 6.45) is 6.54. The van der Waals surface area contributed by atoms with Crippen molar-refractivity contribution < 1.29 is 4.74 Å². The Morgan fingerprint density at radius 3 is 2.77 bits per heavy atom. The van der Waals surface area contributed by atoms with Gasteiger partial charge < -0.3 is 19.5 Å². The molecule has 0 radical (unpaired) electrons. The molecule has 5 nitrogen and oxygen atoms in total. The third kappa shape index (κ3) is 3.86. The average molecular weight is 433 g/mol. The zero-order valence-electron chi connectivity index (χ0n) is 18.0. The highest BCUT2D eigenvalue weighted by Gasteiger charge is 2.42. The van der Waals surface area contributed by atoms with Crippen LogP contribution in [0.1, 0.15) is 47.4 Å². The number of anilines is 1. The van der Waals surface area contributed by atoms with Crippen molar-refractivity contribution in [2.45, 2.75) is 51.4 Å². The van der Waals surface area contributed by atoms with Gasteiger partial charge in [-0.15, -0.1) is 0 Å². The number of pyridine rings is 1. The van der Waals surface area contributed by atoms with Crippen molar-refractivity contribution in [1.29, 1.82) is 0 Å². The summed E-state index contributed by atoms with van der Waals surface area (Å²) in [5.74, 6) is 0. The van der Waals surface area contributed by atoms with Crippen LogP contribution < -0.4 is 10.2 Å². The zero-order chi connectivity index (χ0) is 21.4. The summed E-state index contributed by atoms with van der Waals surface area (Å²) >= 11 is 5.87. The van der Waals surface area contributed by atoms with Gasteiger partial charge in [0.15, 0.2) is 5.11 Å². The molecule has 0 amide bonds. The zero-order valence-corrected chi connectivity index (χ0v) is 18.8. The van der Waals surface area contributed by atoms with E-state index in [9.17, 15) is 0 Å². The number of benzene rings is 1. The minimum Gasteiger partial charge on any atom is -0.376 e.